The van der Waals surface area contributed by atoms with E-state index < -0.39 is 34.9 Å². The SMILES string of the molecule is COC(=O)c1c(C)[nH]c2c1[C@@]13C[C@@H]1CN(C(=O)/C=C/c1cc(C(=O)Nc4cc(C(=O)Nc5cc(NC(=O)OC(C)(C)C)cn5C)cn4C)cn1C)C3=CC2=O. The number of hydrogen-bond acceptors (Lipinski definition) is 8. The van der Waals surface area contributed by atoms with Gasteiger partial charge in [0.25, 0.3) is 17.7 Å². The van der Waals surface area contributed by atoms with Crippen LogP contribution in [0.4, 0.5) is 22.1 Å². The molecule has 1 saturated heterocycles. The number of methoxy groups -OCH3 is 1. The van der Waals surface area contributed by atoms with Crippen molar-refractivity contribution in [3.63, 3.8) is 0 Å². The van der Waals surface area contributed by atoms with Gasteiger partial charge in [0.1, 0.15) is 17.2 Å². The fourth-order valence-corrected chi connectivity index (χ4v) is 7.57. The number of anilines is 3. The number of aromatic nitrogens is 4. The second-order valence-electron chi connectivity index (χ2n) is 15.2. The Bertz CT molecular complexity index is 2400. The van der Waals surface area contributed by atoms with E-state index in [0.717, 1.165) is 6.42 Å². The molecule has 1 saturated carbocycles. The minimum absolute atomic E-state index is 0.0649. The van der Waals surface area contributed by atoms with Crippen LogP contribution in [-0.2, 0) is 40.8 Å². The fraction of sp³-hybridized carbons (Fsp3) is 0.333. The van der Waals surface area contributed by atoms with Gasteiger partial charge in [-0.1, -0.05) is 0 Å². The Kier molecular flexibility index (Phi) is 8.74. The van der Waals surface area contributed by atoms with Gasteiger partial charge in [-0.2, -0.15) is 0 Å². The first-order chi connectivity index (χ1) is 25.9. The van der Waals surface area contributed by atoms with E-state index in [-0.39, 0.29) is 23.2 Å². The Hall–Kier alpha value is -6.58. The highest BCUT2D eigenvalue weighted by Gasteiger charge is 2.68. The highest BCUT2D eigenvalue weighted by atomic mass is 16.6. The molecule has 55 heavy (non-hydrogen) atoms. The first kappa shape index (κ1) is 36.8. The lowest BCUT2D eigenvalue weighted by Crippen LogP contribution is -2.33. The van der Waals surface area contributed by atoms with Crippen LogP contribution in [0.2, 0.25) is 0 Å². The summed E-state index contributed by atoms with van der Waals surface area (Å²) < 4.78 is 15.3. The largest absolute Gasteiger partial charge is 0.465 e. The second kappa shape index (κ2) is 13.1. The molecule has 1 spiro atoms. The zero-order valence-corrected chi connectivity index (χ0v) is 31.7. The van der Waals surface area contributed by atoms with E-state index in [4.69, 9.17) is 9.47 Å². The van der Waals surface area contributed by atoms with Crippen molar-refractivity contribution in [2.24, 2.45) is 27.1 Å². The number of nitrogens with one attached hydrogen (secondary N) is 4. The summed E-state index contributed by atoms with van der Waals surface area (Å²) in [6.45, 7) is 7.42. The predicted octanol–water partition coefficient (Wildman–Crippen LogP) is 4.87. The first-order valence-electron chi connectivity index (χ1n) is 17.6. The zero-order valence-electron chi connectivity index (χ0n) is 31.7. The molecule has 7 rings (SSSR count). The number of piperidine rings is 1. The van der Waals surface area contributed by atoms with Crippen molar-refractivity contribution < 1.29 is 38.2 Å². The summed E-state index contributed by atoms with van der Waals surface area (Å²) in [4.78, 5) is 82.8. The second-order valence-corrected chi connectivity index (χ2v) is 15.2. The van der Waals surface area contributed by atoms with E-state index in [0.29, 0.717) is 63.3 Å². The summed E-state index contributed by atoms with van der Waals surface area (Å²) in [5, 5.41) is 8.28. The highest BCUT2D eigenvalue weighted by molar-refractivity contribution is 6.12. The average molecular weight is 751 g/mol. The van der Waals surface area contributed by atoms with Crippen LogP contribution in [0.5, 0.6) is 0 Å². The number of carbonyl (C=O) groups is 6. The predicted molar refractivity (Wildman–Crippen MR) is 202 cm³/mol. The van der Waals surface area contributed by atoms with Crippen LogP contribution in [0.15, 0.2) is 54.6 Å². The van der Waals surface area contributed by atoms with Gasteiger partial charge < -0.3 is 43.7 Å². The van der Waals surface area contributed by atoms with E-state index in [2.05, 4.69) is 20.9 Å². The number of fused-ring (bicyclic) bond motifs is 1. The van der Waals surface area contributed by atoms with Crippen LogP contribution < -0.4 is 16.0 Å². The standard InChI is InChI=1S/C39H42N8O8/c1-20-31(36(52)54-8)32-33(40-20)26(48)14-27-39(32)15-23(39)18-47(27)30(49)10-9-25-11-21(16-44(25)5)34(50)42-28-12-22(17-45(28)6)35(51)43-29-13-24(19-46(29)7)41-37(53)55-38(2,3)4/h9-14,16-17,19,23,40H,15,18H2,1-8H3,(H,41,53)(H,42,50)(H,43,51)/b10-9+/t23-,39+/m1/s1. The van der Waals surface area contributed by atoms with Crippen molar-refractivity contribution >= 4 is 59.0 Å². The van der Waals surface area contributed by atoms with Gasteiger partial charge in [0.2, 0.25) is 5.78 Å². The van der Waals surface area contributed by atoms with E-state index in [1.54, 1.807) is 110 Å². The third kappa shape index (κ3) is 6.53. The molecule has 2 atom stereocenters. The third-order valence-electron chi connectivity index (χ3n) is 10.2. The zero-order chi connectivity index (χ0) is 39.7. The fourth-order valence-electron chi connectivity index (χ4n) is 7.57. The number of carbonyl (C=O) groups excluding carboxylic acids is 6. The van der Waals surface area contributed by atoms with Gasteiger partial charge in [0, 0.05) is 92.6 Å². The Labute approximate surface area is 316 Å². The van der Waals surface area contributed by atoms with E-state index in [9.17, 15) is 28.8 Å². The molecule has 5 heterocycles. The Morgan fingerprint density at radius 3 is 2.22 bits per heavy atom. The van der Waals surface area contributed by atoms with Gasteiger partial charge in [-0.15, -0.1) is 0 Å². The molecule has 3 aliphatic rings. The number of nitrogens with zero attached hydrogens (tertiary/aromatic N) is 4. The van der Waals surface area contributed by atoms with Crippen LogP contribution in [-0.4, -0.2) is 78.4 Å². The number of aryl methyl sites for hydroxylation is 4. The molecule has 4 N–H and O–H groups in total. The van der Waals surface area contributed by atoms with Crippen molar-refractivity contribution in [3.05, 3.63) is 94.0 Å². The maximum absolute atomic E-state index is 13.6. The Balaban J connectivity index is 0.999. The van der Waals surface area contributed by atoms with E-state index >= 15 is 0 Å². The van der Waals surface area contributed by atoms with Crippen molar-refractivity contribution in [1.82, 2.24) is 23.6 Å². The van der Waals surface area contributed by atoms with Gasteiger partial charge in [0.15, 0.2) is 0 Å². The Morgan fingerprint density at radius 2 is 1.55 bits per heavy atom. The van der Waals surface area contributed by atoms with Gasteiger partial charge in [-0.05, 0) is 58.2 Å². The average Bonchev–Trinajstić information content (AvgIpc) is 3.57. The number of likely N-dealkylation sites (tertiary alicyclic amines) is 1. The molecular formula is C39H42N8O8. The van der Waals surface area contributed by atoms with Crippen LogP contribution in [0.1, 0.15) is 85.7 Å². The van der Waals surface area contributed by atoms with Crippen LogP contribution in [0.25, 0.3) is 6.08 Å². The molecule has 1 aliphatic heterocycles. The molecule has 2 aliphatic carbocycles. The summed E-state index contributed by atoms with van der Waals surface area (Å²) in [6.07, 6.45) is 9.45. The van der Waals surface area contributed by atoms with E-state index in [1.807, 2.05) is 0 Å². The first-order valence-corrected chi connectivity index (χ1v) is 17.6. The van der Waals surface area contributed by atoms with Crippen molar-refractivity contribution in [1.29, 1.82) is 0 Å². The van der Waals surface area contributed by atoms with Gasteiger partial charge >= 0.3 is 12.1 Å². The summed E-state index contributed by atoms with van der Waals surface area (Å²) in [7, 11) is 6.46. The molecule has 4 aromatic heterocycles. The number of rotatable bonds is 8. The lowest BCUT2D eigenvalue weighted by molar-refractivity contribution is -0.123. The van der Waals surface area contributed by atoms with Crippen molar-refractivity contribution in [2.45, 2.75) is 45.1 Å². The van der Waals surface area contributed by atoms with Gasteiger partial charge in [0.05, 0.1) is 35.2 Å². The minimum Gasteiger partial charge on any atom is -0.465 e. The molecule has 16 heteroatoms. The molecule has 2 fully saturated rings. The maximum Gasteiger partial charge on any atom is 0.412 e. The smallest absolute Gasteiger partial charge is 0.412 e. The van der Waals surface area contributed by atoms with Gasteiger partial charge in [-0.25, -0.2) is 9.59 Å². The number of allylic oxidation sites excluding steroid dienone is 2. The molecule has 16 nitrogen and oxygen atoms in total. The molecular weight excluding hydrogens is 708 g/mol. The third-order valence-corrected chi connectivity index (χ3v) is 10.2. The van der Waals surface area contributed by atoms with Crippen LogP contribution in [0, 0.1) is 12.8 Å². The summed E-state index contributed by atoms with van der Waals surface area (Å²) >= 11 is 0. The summed E-state index contributed by atoms with van der Waals surface area (Å²) in [5.41, 5.74) is 2.85. The number of ether oxygens (including phenoxy) is 2. The van der Waals surface area contributed by atoms with Crippen LogP contribution >= 0.6 is 0 Å². The van der Waals surface area contributed by atoms with Crippen molar-refractivity contribution in [2.75, 3.05) is 29.6 Å². The van der Waals surface area contributed by atoms with Crippen molar-refractivity contribution in [3.8, 4) is 0 Å². The minimum atomic E-state index is -0.665. The molecule has 286 valence electrons. The molecule has 0 aromatic carbocycles. The number of ketones is 1. The number of esters is 1. The highest BCUT2D eigenvalue weighted by Crippen LogP contribution is 2.67. The topological polar surface area (TPSA) is 191 Å². The molecule has 0 unspecified atom stereocenters. The number of aromatic amines is 1. The van der Waals surface area contributed by atoms with Gasteiger partial charge in [-0.3, -0.25) is 24.5 Å². The maximum atomic E-state index is 13.6. The molecule has 0 bridgehead atoms. The summed E-state index contributed by atoms with van der Waals surface area (Å²) in [6, 6.07) is 4.78. The molecule has 0 radical (unpaired) electrons. The monoisotopic (exact) mass is 750 g/mol. The number of amides is 4. The lowest BCUT2D eigenvalue weighted by atomic mass is 9.82. The molecule has 4 aromatic rings. The number of hydrogen-bond donors (Lipinski definition) is 4. The van der Waals surface area contributed by atoms with E-state index in [1.165, 1.54) is 19.3 Å². The quantitative estimate of drug-likeness (QED) is 0.145. The normalized spacial score (nSPS) is 18.3. The Morgan fingerprint density at radius 1 is 0.909 bits per heavy atom. The lowest BCUT2D eigenvalue weighted by Gasteiger charge is -2.27. The summed E-state index contributed by atoms with van der Waals surface area (Å²) in [5.74, 6) is -1.14. The number of H-pyrrole nitrogens is 1. The molecule has 4 amide bonds. The van der Waals surface area contributed by atoms with Crippen LogP contribution in [0.3, 0.4) is 0 Å².